The van der Waals surface area contributed by atoms with E-state index in [1.165, 1.54) is 18.2 Å². The van der Waals surface area contributed by atoms with E-state index in [-0.39, 0.29) is 0 Å². The quantitative estimate of drug-likeness (QED) is 0.643. The van der Waals surface area contributed by atoms with Gasteiger partial charge >= 0.3 is 0 Å². The Kier molecular flexibility index (Phi) is 4.91. The second-order valence-electron chi connectivity index (χ2n) is 3.94. The van der Waals surface area contributed by atoms with E-state index in [0.29, 0.717) is 12.2 Å². The first-order chi connectivity index (χ1) is 9.74. The van der Waals surface area contributed by atoms with E-state index in [1.54, 1.807) is 18.5 Å². The number of halogens is 1. The van der Waals surface area contributed by atoms with Crippen molar-refractivity contribution in [3.05, 3.63) is 60.2 Å². The third kappa shape index (κ3) is 4.58. The van der Waals surface area contributed by atoms with E-state index < -0.39 is 11.7 Å². The highest BCUT2D eigenvalue weighted by molar-refractivity contribution is 6.26. The molecule has 102 valence electrons. The second-order valence-corrected chi connectivity index (χ2v) is 3.94. The summed E-state index contributed by atoms with van der Waals surface area (Å²) < 4.78 is 12.9. The molecule has 2 aromatic rings. The minimum atomic E-state index is -0.414. The van der Waals surface area contributed by atoms with Crippen molar-refractivity contribution >= 4 is 17.8 Å². The molecule has 5 nitrogen and oxygen atoms in total. The van der Waals surface area contributed by atoms with Crippen LogP contribution in [0.1, 0.15) is 5.56 Å². The van der Waals surface area contributed by atoms with Crippen LogP contribution in [0.2, 0.25) is 0 Å². The maximum atomic E-state index is 12.9. The SMILES string of the molecule is O=C(C=Nc1cccc(F)c1)NNCc1ccncc1. The normalized spacial score (nSPS) is 10.7. The Morgan fingerprint density at radius 2 is 2.10 bits per heavy atom. The molecule has 1 amide bonds. The van der Waals surface area contributed by atoms with Crippen LogP contribution in [-0.2, 0) is 11.3 Å². The molecule has 0 bridgehead atoms. The molecule has 0 spiro atoms. The lowest BCUT2D eigenvalue weighted by molar-refractivity contribution is -0.115. The van der Waals surface area contributed by atoms with Crippen LogP contribution >= 0.6 is 0 Å². The molecule has 0 aliphatic carbocycles. The Bertz CT molecular complexity index is 601. The van der Waals surface area contributed by atoms with E-state index >= 15 is 0 Å². The van der Waals surface area contributed by atoms with Gasteiger partial charge in [-0.1, -0.05) is 6.07 Å². The van der Waals surface area contributed by atoms with E-state index in [1.807, 2.05) is 12.1 Å². The second kappa shape index (κ2) is 7.10. The fourth-order valence-electron chi connectivity index (χ4n) is 1.46. The van der Waals surface area contributed by atoms with Gasteiger partial charge in [0, 0.05) is 18.9 Å². The molecule has 2 rings (SSSR count). The summed E-state index contributed by atoms with van der Waals surface area (Å²) in [6, 6.07) is 9.36. The lowest BCUT2D eigenvalue weighted by Crippen LogP contribution is -2.37. The van der Waals surface area contributed by atoms with Gasteiger partial charge < -0.3 is 0 Å². The summed E-state index contributed by atoms with van der Waals surface area (Å²) in [5, 5.41) is 0. The monoisotopic (exact) mass is 272 g/mol. The van der Waals surface area contributed by atoms with Gasteiger partial charge in [0.1, 0.15) is 5.82 Å². The molecular formula is C14H13FN4O. The minimum Gasteiger partial charge on any atom is -0.286 e. The molecule has 1 aromatic heterocycles. The van der Waals surface area contributed by atoms with Crippen LogP contribution < -0.4 is 10.9 Å². The van der Waals surface area contributed by atoms with Gasteiger partial charge in [-0.15, -0.1) is 0 Å². The zero-order valence-electron chi connectivity index (χ0n) is 10.6. The van der Waals surface area contributed by atoms with Crippen molar-refractivity contribution in [2.75, 3.05) is 0 Å². The van der Waals surface area contributed by atoms with Crippen LogP contribution in [-0.4, -0.2) is 17.1 Å². The lowest BCUT2D eigenvalue weighted by Gasteiger charge is -2.04. The van der Waals surface area contributed by atoms with Crippen LogP contribution in [0.4, 0.5) is 10.1 Å². The summed E-state index contributed by atoms with van der Waals surface area (Å²) in [5.41, 5.74) is 6.59. The largest absolute Gasteiger partial charge is 0.286 e. The molecular weight excluding hydrogens is 259 g/mol. The zero-order chi connectivity index (χ0) is 14.2. The zero-order valence-corrected chi connectivity index (χ0v) is 10.6. The van der Waals surface area contributed by atoms with Crippen molar-refractivity contribution in [2.45, 2.75) is 6.54 Å². The fraction of sp³-hybridized carbons (Fsp3) is 0.0714. The molecule has 0 fully saturated rings. The lowest BCUT2D eigenvalue weighted by atomic mass is 10.3. The number of nitrogens with one attached hydrogen (secondary N) is 2. The molecule has 0 aliphatic rings. The van der Waals surface area contributed by atoms with E-state index in [9.17, 15) is 9.18 Å². The average Bonchev–Trinajstić information content (AvgIpc) is 2.46. The number of aliphatic imine (C=N–C) groups is 1. The minimum absolute atomic E-state index is 0.384. The fourth-order valence-corrected chi connectivity index (χ4v) is 1.46. The molecule has 0 saturated heterocycles. The van der Waals surface area contributed by atoms with E-state index in [4.69, 9.17) is 0 Å². The van der Waals surface area contributed by atoms with Gasteiger partial charge in [-0.3, -0.25) is 20.2 Å². The molecule has 6 heteroatoms. The smallest absolute Gasteiger partial charge is 0.276 e. The Labute approximate surface area is 115 Å². The van der Waals surface area contributed by atoms with Crippen molar-refractivity contribution < 1.29 is 9.18 Å². The van der Waals surface area contributed by atoms with Crippen LogP contribution in [0, 0.1) is 5.82 Å². The molecule has 1 heterocycles. The number of aromatic nitrogens is 1. The molecule has 0 aliphatic heterocycles. The summed E-state index contributed by atoms with van der Waals surface area (Å²) in [5.74, 6) is -0.806. The molecule has 20 heavy (non-hydrogen) atoms. The van der Waals surface area contributed by atoms with Crippen molar-refractivity contribution in [1.82, 2.24) is 15.8 Å². The van der Waals surface area contributed by atoms with Gasteiger partial charge in [0.15, 0.2) is 0 Å². The van der Waals surface area contributed by atoms with Gasteiger partial charge in [0.2, 0.25) is 0 Å². The summed E-state index contributed by atoms with van der Waals surface area (Å²) in [4.78, 5) is 19.2. The summed E-state index contributed by atoms with van der Waals surface area (Å²) in [6.45, 7) is 0.474. The molecule has 0 unspecified atom stereocenters. The van der Waals surface area contributed by atoms with Gasteiger partial charge in [0.25, 0.3) is 5.91 Å². The first kappa shape index (κ1) is 13.8. The van der Waals surface area contributed by atoms with Gasteiger partial charge in [-0.05, 0) is 35.9 Å². The molecule has 0 atom stereocenters. The highest BCUT2D eigenvalue weighted by Gasteiger charge is 1.97. The van der Waals surface area contributed by atoms with Gasteiger partial charge in [0.05, 0.1) is 11.9 Å². The number of hydrogen-bond acceptors (Lipinski definition) is 4. The van der Waals surface area contributed by atoms with Crippen LogP contribution in [0.3, 0.4) is 0 Å². The number of benzene rings is 1. The highest BCUT2D eigenvalue weighted by atomic mass is 19.1. The van der Waals surface area contributed by atoms with E-state index in [0.717, 1.165) is 11.8 Å². The number of carbonyl (C=O) groups excluding carboxylic acids is 1. The maximum absolute atomic E-state index is 12.9. The molecule has 0 saturated carbocycles. The predicted molar refractivity (Wildman–Crippen MR) is 73.8 cm³/mol. The predicted octanol–water partition coefficient (Wildman–Crippen LogP) is 1.74. The number of hydrogen-bond donors (Lipinski definition) is 2. The Morgan fingerprint density at radius 3 is 2.85 bits per heavy atom. The van der Waals surface area contributed by atoms with Crippen molar-refractivity contribution in [2.24, 2.45) is 4.99 Å². The third-order valence-corrected chi connectivity index (χ3v) is 2.39. The number of amides is 1. The third-order valence-electron chi connectivity index (χ3n) is 2.39. The molecule has 1 aromatic carbocycles. The Hall–Kier alpha value is -2.60. The summed E-state index contributed by atoms with van der Waals surface area (Å²) in [6.07, 6.45) is 4.43. The topological polar surface area (TPSA) is 66.4 Å². The number of rotatable bonds is 5. The van der Waals surface area contributed by atoms with E-state index in [2.05, 4.69) is 20.8 Å². The first-order valence-corrected chi connectivity index (χ1v) is 5.95. The summed E-state index contributed by atoms with van der Waals surface area (Å²) in [7, 11) is 0. The van der Waals surface area contributed by atoms with Gasteiger partial charge in [-0.2, -0.15) is 0 Å². The van der Waals surface area contributed by atoms with Gasteiger partial charge in [-0.25, -0.2) is 9.82 Å². The summed E-state index contributed by atoms with van der Waals surface area (Å²) >= 11 is 0. The van der Waals surface area contributed by atoms with Crippen LogP contribution in [0.25, 0.3) is 0 Å². The Morgan fingerprint density at radius 1 is 1.30 bits per heavy atom. The van der Waals surface area contributed by atoms with Crippen molar-refractivity contribution in [1.29, 1.82) is 0 Å². The highest BCUT2D eigenvalue weighted by Crippen LogP contribution is 2.11. The maximum Gasteiger partial charge on any atom is 0.276 e. The Balaban J connectivity index is 1.78. The molecule has 0 radical (unpaired) electrons. The standard InChI is InChI=1S/C14H13FN4O/c15-12-2-1-3-13(8-12)17-10-14(20)19-18-9-11-4-6-16-7-5-11/h1-8,10,18H,9H2,(H,19,20). The van der Waals surface area contributed by atoms with Crippen molar-refractivity contribution in [3.8, 4) is 0 Å². The number of hydrazine groups is 1. The number of pyridine rings is 1. The first-order valence-electron chi connectivity index (χ1n) is 5.95. The van der Waals surface area contributed by atoms with Crippen LogP contribution in [0.5, 0.6) is 0 Å². The van der Waals surface area contributed by atoms with Crippen molar-refractivity contribution in [3.63, 3.8) is 0 Å². The number of nitrogens with zero attached hydrogens (tertiary/aromatic N) is 2. The molecule has 2 N–H and O–H groups in total. The average molecular weight is 272 g/mol. The van der Waals surface area contributed by atoms with Crippen LogP contribution in [0.15, 0.2) is 53.8 Å². The number of carbonyl (C=O) groups is 1.